The molecule has 1 atom stereocenters. The number of non-ortho nitro benzene ring substituents is 1. The van der Waals surface area contributed by atoms with Crippen LogP contribution in [-0.2, 0) is 0 Å². The van der Waals surface area contributed by atoms with Gasteiger partial charge in [0.15, 0.2) is 5.78 Å². The molecule has 0 fully saturated rings. The summed E-state index contributed by atoms with van der Waals surface area (Å²) < 4.78 is 0. The predicted molar refractivity (Wildman–Crippen MR) is 55.8 cm³/mol. The highest BCUT2D eigenvalue weighted by Crippen LogP contribution is 2.18. The second kappa shape index (κ2) is 4.18. The molecule has 15 heavy (non-hydrogen) atoms. The van der Waals surface area contributed by atoms with Gasteiger partial charge in [0.1, 0.15) is 0 Å². The van der Waals surface area contributed by atoms with Crippen molar-refractivity contribution >= 4 is 11.5 Å². The number of carbonyl (C=O) groups is 1. The molecule has 1 unspecified atom stereocenters. The Morgan fingerprint density at radius 3 is 2.60 bits per heavy atom. The van der Waals surface area contributed by atoms with E-state index in [1.165, 1.54) is 12.1 Å². The van der Waals surface area contributed by atoms with E-state index in [1.54, 1.807) is 19.9 Å². The Kier molecular flexibility index (Phi) is 3.16. The minimum absolute atomic E-state index is 0.0930. The summed E-state index contributed by atoms with van der Waals surface area (Å²) in [5, 5.41) is 10.5. The number of rotatable bonds is 3. The van der Waals surface area contributed by atoms with E-state index >= 15 is 0 Å². The Morgan fingerprint density at radius 2 is 2.13 bits per heavy atom. The number of aryl methyl sites for hydroxylation is 1. The lowest BCUT2D eigenvalue weighted by Crippen LogP contribution is -2.27. The van der Waals surface area contributed by atoms with Crippen LogP contribution in [0.15, 0.2) is 18.2 Å². The summed E-state index contributed by atoms with van der Waals surface area (Å²) in [6, 6.07) is 3.54. The highest BCUT2D eigenvalue weighted by atomic mass is 16.6. The number of hydrogen-bond donors (Lipinski definition) is 1. The van der Waals surface area contributed by atoms with Crippen molar-refractivity contribution in [2.24, 2.45) is 5.73 Å². The molecular formula is C10H12N2O3. The van der Waals surface area contributed by atoms with Gasteiger partial charge in [0.05, 0.1) is 11.0 Å². The second-order valence-electron chi connectivity index (χ2n) is 3.41. The maximum absolute atomic E-state index is 11.6. The standard InChI is InChI=1S/C10H12N2O3/c1-6-3-4-8(12(14)15)5-9(6)10(13)7(2)11/h3-5,7H,11H2,1-2H3. The van der Waals surface area contributed by atoms with E-state index in [0.29, 0.717) is 11.1 Å². The molecule has 0 aliphatic heterocycles. The van der Waals surface area contributed by atoms with Crippen LogP contribution in [0.2, 0.25) is 0 Å². The third-order valence-electron chi connectivity index (χ3n) is 2.11. The van der Waals surface area contributed by atoms with Crippen molar-refractivity contribution < 1.29 is 9.72 Å². The van der Waals surface area contributed by atoms with E-state index in [4.69, 9.17) is 5.73 Å². The summed E-state index contributed by atoms with van der Waals surface area (Å²) in [7, 11) is 0. The van der Waals surface area contributed by atoms with E-state index in [1.807, 2.05) is 0 Å². The van der Waals surface area contributed by atoms with Gasteiger partial charge in [0, 0.05) is 17.7 Å². The number of nitrogens with zero attached hydrogens (tertiary/aromatic N) is 1. The monoisotopic (exact) mass is 208 g/mol. The molecule has 1 aromatic rings. The number of nitrogens with two attached hydrogens (primary N) is 1. The smallest absolute Gasteiger partial charge is 0.270 e. The van der Waals surface area contributed by atoms with Crippen molar-refractivity contribution in [3.8, 4) is 0 Å². The first kappa shape index (κ1) is 11.3. The topological polar surface area (TPSA) is 86.2 Å². The van der Waals surface area contributed by atoms with Crippen LogP contribution in [0.5, 0.6) is 0 Å². The van der Waals surface area contributed by atoms with Gasteiger partial charge in [-0.05, 0) is 19.4 Å². The Hall–Kier alpha value is -1.75. The lowest BCUT2D eigenvalue weighted by Gasteiger charge is -2.07. The maximum Gasteiger partial charge on any atom is 0.270 e. The first-order valence-electron chi connectivity index (χ1n) is 4.48. The SMILES string of the molecule is Cc1ccc([N+](=O)[O-])cc1C(=O)C(C)N. The molecule has 5 heteroatoms. The Morgan fingerprint density at radius 1 is 1.53 bits per heavy atom. The minimum atomic E-state index is -0.647. The zero-order valence-corrected chi connectivity index (χ0v) is 8.56. The molecule has 0 saturated carbocycles. The summed E-state index contributed by atoms with van der Waals surface area (Å²) in [4.78, 5) is 21.6. The van der Waals surface area contributed by atoms with E-state index in [9.17, 15) is 14.9 Å². The zero-order valence-electron chi connectivity index (χ0n) is 8.56. The summed E-state index contributed by atoms with van der Waals surface area (Å²) >= 11 is 0. The van der Waals surface area contributed by atoms with Crippen LogP contribution < -0.4 is 5.73 Å². The van der Waals surface area contributed by atoms with E-state index in [-0.39, 0.29) is 11.5 Å². The third kappa shape index (κ3) is 2.38. The van der Waals surface area contributed by atoms with Crippen LogP contribution in [-0.4, -0.2) is 16.7 Å². The Balaban J connectivity index is 3.22. The van der Waals surface area contributed by atoms with Gasteiger partial charge in [-0.3, -0.25) is 14.9 Å². The number of hydrogen-bond acceptors (Lipinski definition) is 4. The van der Waals surface area contributed by atoms with Gasteiger partial charge in [0.25, 0.3) is 5.69 Å². The summed E-state index contributed by atoms with van der Waals surface area (Å²) in [5.41, 5.74) is 6.37. The fraction of sp³-hybridized carbons (Fsp3) is 0.300. The molecule has 5 nitrogen and oxygen atoms in total. The number of Topliss-reactive ketones (excluding diaryl/α,β-unsaturated/α-hetero) is 1. The summed E-state index contributed by atoms with van der Waals surface area (Å²) in [6.07, 6.45) is 0. The fourth-order valence-corrected chi connectivity index (χ4v) is 1.23. The number of carbonyl (C=O) groups excluding carboxylic acids is 1. The largest absolute Gasteiger partial charge is 0.321 e. The van der Waals surface area contributed by atoms with E-state index in [0.717, 1.165) is 0 Å². The number of benzene rings is 1. The Labute approximate surface area is 87.0 Å². The molecule has 0 saturated heterocycles. The van der Waals surface area contributed by atoms with Gasteiger partial charge in [-0.25, -0.2) is 0 Å². The van der Waals surface area contributed by atoms with Crippen LogP contribution in [0.4, 0.5) is 5.69 Å². The maximum atomic E-state index is 11.6. The molecule has 2 N–H and O–H groups in total. The molecule has 0 heterocycles. The minimum Gasteiger partial charge on any atom is -0.321 e. The normalized spacial score (nSPS) is 12.2. The molecule has 0 amide bonds. The lowest BCUT2D eigenvalue weighted by atomic mass is 10.0. The first-order chi connectivity index (χ1) is 6.93. The van der Waals surface area contributed by atoms with Gasteiger partial charge in [0.2, 0.25) is 0 Å². The van der Waals surface area contributed by atoms with Crippen molar-refractivity contribution in [3.05, 3.63) is 39.4 Å². The van der Waals surface area contributed by atoms with Crippen LogP contribution in [0, 0.1) is 17.0 Å². The van der Waals surface area contributed by atoms with E-state index < -0.39 is 11.0 Å². The van der Waals surface area contributed by atoms with Crippen molar-refractivity contribution in [1.29, 1.82) is 0 Å². The van der Waals surface area contributed by atoms with Crippen molar-refractivity contribution in [1.82, 2.24) is 0 Å². The fourth-order valence-electron chi connectivity index (χ4n) is 1.23. The first-order valence-corrected chi connectivity index (χ1v) is 4.48. The summed E-state index contributed by atoms with van der Waals surface area (Å²) in [5.74, 6) is -0.281. The van der Waals surface area contributed by atoms with Crippen LogP contribution in [0.25, 0.3) is 0 Å². The van der Waals surface area contributed by atoms with Gasteiger partial charge >= 0.3 is 0 Å². The average molecular weight is 208 g/mol. The van der Waals surface area contributed by atoms with Crippen molar-refractivity contribution in [2.75, 3.05) is 0 Å². The molecule has 1 aromatic carbocycles. The number of ketones is 1. The second-order valence-corrected chi connectivity index (χ2v) is 3.41. The van der Waals surface area contributed by atoms with Crippen LogP contribution >= 0.6 is 0 Å². The van der Waals surface area contributed by atoms with Gasteiger partial charge in [-0.1, -0.05) is 6.07 Å². The number of nitro benzene ring substituents is 1. The molecular weight excluding hydrogens is 196 g/mol. The lowest BCUT2D eigenvalue weighted by molar-refractivity contribution is -0.384. The predicted octanol–water partition coefficient (Wildman–Crippen LogP) is 1.43. The zero-order chi connectivity index (χ0) is 11.6. The molecule has 0 bridgehead atoms. The molecule has 80 valence electrons. The third-order valence-corrected chi connectivity index (χ3v) is 2.11. The van der Waals surface area contributed by atoms with Gasteiger partial charge < -0.3 is 5.73 Å². The quantitative estimate of drug-likeness (QED) is 0.462. The van der Waals surface area contributed by atoms with Crippen LogP contribution in [0.3, 0.4) is 0 Å². The molecule has 0 aliphatic carbocycles. The van der Waals surface area contributed by atoms with Crippen LogP contribution in [0.1, 0.15) is 22.8 Å². The molecule has 0 spiro atoms. The summed E-state index contributed by atoms with van der Waals surface area (Å²) in [6.45, 7) is 3.28. The Bertz CT molecular complexity index is 413. The molecule has 0 aliphatic rings. The number of nitro groups is 1. The molecule has 1 rings (SSSR count). The highest BCUT2D eigenvalue weighted by molar-refractivity contribution is 6.01. The van der Waals surface area contributed by atoms with E-state index in [2.05, 4.69) is 0 Å². The van der Waals surface area contributed by atoms with Gasteiger partial charge in [-0.15, -0.1) is 0 Å². The van der Waals surface area contributed by atoms with Gasteiger partial charge in [-0.2, -0.15) is 0 Å². The van der Waals surface area contributed by atoms with Crippen molar-refractivity contribution in [3.63, 3.8) is 0 Å². The highest BCUT2D eigenvalue weighted by Gasteiger charge is 2.17. The average Bonchev–Trinajstić information content (AvgIpc) is 2.16. The van der Waals surface area contributed by atoms with Crippen molar-refractivity contribution in [2.45, 2.75) is 19.9 Å². The molecule has 0 radical (unpaired) electrons. The molecule has 0 aromatic heterocycles.